The Kier molecular flexibility index (Phi) is 6.77. The van der Waals surface area contributed by atoms with Crippen molar-refractivity contribution < 1.29 is 9.84 Å². The molecule has 3 heterocycles. The van der Waals surface area contributed by atoms with Gasteiger partial charge in [0.25, 0.3) is 0 Å². The summed E-state index contributed by atoms with van der Waals surface area (Å²) < 4.78 is 6.30. The summed E-state index contributed by atoms with van der Waals surface area (Å²) in [4.78, 5) is 6.88. The highest BCUT2D eigenvalue weighted by Gasteiger charge is 2.36. The lowest BCUT2D eigenvalue weighted by atomic mass is 9.96. The summed E-state index contributed by atoms with van der Waals surface area (Å²) in [6.07, 6.45) is 10.7. The number of aliphatic hydroxyl groups is 1. The molecule has 0 amide bonds. The first kappa shape index (κ1) is 23.0. The van der Waals surface area contributed by atoms with Crippen LogP contribution in [0, 0.1) is 0 Å². The second kappa shape index (κ2) is 9.73. The number of nitrogens with zero attached hydrogens (tertiary/aromatic N) is 3. The van der Waals surface area contributed by atoms with Gasteiger partial charge in [0.15, 0.2) is 0 Å². The van der Waals surface area contributed by atoms with Crippen molar-refractivity contribution >= 4 is 16.5 Å². The molecule has 4 rings (SSSR count). The van der Waals surface area contributed by atoms with Crippen LogP contribution >= 0.6 is 0 Å². The van der Waals surface area contributed by atoms with E-state index < -0.39 is 5.60 Å². The van der Waals surface area contributed by atoms with Crippen LogP contribution in [0.4, 0.5) is 0 Å². The van der Waals surface area contributed by atoms with Crippen LogP contribution in [0.5, 0.6) is 5.75 Å². The Morgan fingerprint density at radius 3 is 2.73 bits per heavy atom. The Hall–Kier alpha value is -3.22. The van der Waals surface area contributed by atoms with Gasteiger partial charge >= 0.3 is 0 Å². The van der Waals surface area contributed by atoms with Gasteiger partial charge in [-0.2, -0.15) is 5.10 Å². The highest BCUT2D eigenvalue weighted by atomic mass is 16.5. The number of fused-ring (bicyclic) bond motifs is 1. The monoisotopic (exact) mass is 444 g/mol. The largest absolute Gasteiger partial charge is 0.457 e. The van der Waals surface area contributed by atoms with Crippen LogP contribution in [0.2, 0.25) is 0 Å². The molecule has 2 N–H and O–H groups in total. The van der Waals surface area contributed by atoms with Gasteiger partial charge in [-0.25, -0.2) is 0 Å². The highest BCUT2D eigenvalue weighted by Crippen LogP contribution is 2.26. The van der Waals surface area contributed by atoms with Gasteiger partial charge in [0.05, 0.1) is 16.8 Å². The molecule has 2 aromatic heterocycles. The number of allylic oxidation sites excluding steroid dienone is 5. The molecule has 6 heteroatoms. The van der Waals surface area contributed by atoms with E-state index in [9.17, 15) is 5.11 Å². The molecule has 3 aromatic rings. The second-order valence-corrected chi connectivity index (χ2v) is 8.99. The molecule has 1 aliphatic rings. The van der Waals surface area contributed by atoms with Crippen molar-refractivity contribution in [1.82, 2.24) is 20.1 Å². The van der Waals surface area contributed by atoms with Gasteiger partial charge in [-0.05, 0) is 80.3 Å². The van der Waals surface area contributed by atoms with Crippen LogP contribution in [0.3, 0.4) is 0 Å². The molecule has 0 aliphatic carbocycles. The molecule has 0 atom stereocenters. The van der Waals surface area contributed by atoms with E-state index in [1.54, 1.807) is 6.20 Å². The van der Waals surface area contributed by atoms with E-state index >= 15 is 0 Å². The number of ether oxygens (including phenoxy) is 1. The maximum atomic E-state index is 9.94. The summed E-state index contributed by atoms with van der Waals surface area (Å²) in [5.74, 6) is 1.59. The third kappa shape index (κ3) is 5.59. The SMILES string of the molecule is CC=C(C=CC(Oc1ccc2cc(CN3CC(C)(O)C3)cnc2c1)=C(C)CC)c1ccn[nH]1. The average Bonchev–Trinajstić information content (AvgIpc) is 3.31. The molecule has 1 saturated heterocycles. The van der Waals surface area contributed by atoms with E-state index in [1.165, 1.54) is 5.57 Å². The summed E-state index contributed by atoms with van der Waals surface area (Å²) in [6, 6.07) is 10.1. The van der Waals surface area contributed by atoms with Gasteiger partial charge in [0.2, 0.25) is 0 Å². The van der Waals surface area contributed by atoms with Crippen LogP contribution in [0.15, 0.2) is 72.3 Å². The minimum Gasteiger partial charge on any atom is -0.457 e. The second-order valence-electron chi connectivity index (χ2n) is 8.99. The lowest BCUT2D eigenvalue weighted by Gasteiger charge is -2.44. The fraction of sp³-hybridized carbons (Fsp3) is 0.333. The van der Waals surface area contributed by atoms with Crippen molar-refractivity contribution in [2.75, 3.05) is 13.1 Å². The molecule has 6 nitrogen and oxygen atoms in total. The molecule has 0 saturated carbocycles. The van der Waals surface area contributed by atoms with Gasteiger partial charge in [-0.1, -0.05) is 13.0 Å². The number of pyridine rings is 1. The Bertz CT molecular complexity index is 1200. The van der Waals surface area contributed by atoms with Gasteiger partial charge in [-0.3, -0.25) is 15.0 Å². The lowest BCUT2D eigenvalue weighted by Crippen LogP contribution is -2.59. The van der Waals surface area contributed by atoms with Crippen molar-refractivity contribution in [3.63, 3.8) is 0 Å². The minimum atomic E-state index is -0.557. The van der Waals surface area contributed by atoms with Crippen LogP contribution in [-0.2, 0) is 6.54 Å². The number of hydrogen-bond acceptors (Lipinski definition) is 5. The van der Waals surface area contributed by atoms with Crippen molar-refractivity contribution in [3.8, 4) is 5.75 Å². The number of aromatic amines is 1. The maximum absolute atomic E-state index is 9.94. The first-order valence-electron chi connectivity index (χ1n) is 11.4. The average molecular weight is 445 g/mol. The summed E-state index contributed by atoms with van der Waals surface area (Å²) in [5.41, 5.74) is 4.67. The molecule has 0 radical (unpaired) electrons. The van der Waals surface area contributed by atoms with E-state index in [0.717, 1.165) is 52.2 Å². The van der Waals surface area contributed by atoms with Gasteiger partial charge in [0.1, 0.15) is 11.5 Å². The van der Waals surface area contributed by atoms with Gasteiger partial charge in [-0.15, -0.1) is 0 Å². The normalized spacial score (nSPS) is 17.3. The van der Waals surface area contributed by atoms with Crippen LogP contribution in [0.1, 0.15) is 45.4 Å². The summed E-state index contributed by atoms with van der Waals surface area (Å²) >= 11 is 0. The lowest BCUT2D eigenvalue weighted by molar-refractivity contribution is -0.0871. The van der Waals surface area contributed by atoms with E-state index in [0.29, 0.717) is 13.1 Å². The summed E-state index contributed by atoms with van der Waals surface area (Å²) in [5, 5.41) is 18.1. The topological polar surface area (TPSA) is 74.3 Å². The maximum Gasteiger partial charge on any atom is 0.129 e. The molecule has 1 aromatic carbocycles. The quantitative estimate of drug-likeness (QED) is 0.367. The molecule has 172 valence electrons. The molecule has 0 bridgehead atoms. The number of nitrogens with one attached hydrogen (secondary N) is 1. The van der Waals surface area contributed by atoms with Gasteiger partial charge < -0.3 is 9.84 Å². The van der Waals surface area contributed by atoms with E-state index in [2.05, 4.69) is 46.1 Å². The Balaban J connectivity index is 1.50. The summed E-state index contributed by atoms with van der Waals surface area (Å²) in [7, 11) is 0. The molecular weight excluding hydrogens is 412 g/mol. The predicted octanol–water partition coefficient (Wildman–Crippen LogP) is 5.25. The standard InChI is InChI=1S/C27H32N4O2/c1-5-19(3)26(10-8-21(6-2)24-11-12-29-30-24)33-23-9-7-22-13-20(15-28-25(22)14-23)16-31-17-27(4,32)18-31/h6-15,32H,5,16-18H2,1-4H3,(H,29,30). The van der Waals surface area contributed by atoms with Crippen molar-refractivity contribution in [2.24, 2.45) is 0 Å². The number of H-pyrrole nitrogens is 1. The van der Waals surface area contributed by atoms with E-state index in [-0.39, 0.29) is 0 Å². The number of aromatic nitrogens is 3. The summed E-state index contributed by atoms with van der Waals surface area (Å²) in [6.45, 7) is 10.3. The Labute approximate surface area is 195 Å². The third-order valence-electron chi connectivity index (χ3n) is 5.96. The Morgan fingerprint density at radius 2 is 2.06 bits per heavy atom. The number of hydrogen-bond donors (Lipinski definition) is 2. The van der Waals surface area contributed by atoms with E-state index in [1.807, 2.05) is 56.5 Å². The van der Waals surface area contributed by atoms with Crippen LogP contribution < -0.4 is 4.74 Å². The minimum absolute atomic E-state index is 0.557. The smallest absolute Gasteiger partial charge is 0.129 e. The van der Waals surface area contributed by atoms with Crippen molar-refractivity contribution in [2.45, 2.75) is 46.3 Å². The fourth-order valence-corrected chi connectivity index (χ4v) is 4.07. The zero-order valence-electron chi connectivity index (χ0n) is 19.8. The Morgan fingerprint density at radius 1 is 1.24 bits per heavy atom. The first-order chi connectivity index (χ1) is 15.9. The third-order valence-corrected chi connectivity index (χ3v) is 5.96. The zero-order valence-corrected chi connectivity index (χ0v) is 19.8. The molecule has 0 spiro atoms. The highest BCUT2D eigenvalue weighted by molar-refractivity contribution is 5.80. The number of likely N-dealkylation sites (tertiary alicyclic amines) is 1. The predicted molar refractivity (Wildman–Crippen MR) is 133 cm³/mol. The molecule has 33 heavy (non-hydrogen) atoms. The number of rotatable bonds is 8. The molecule has 0 unspecified atom stereocenters. The fourth-order valence-electron chi connectivity index (χ4n) is 4.07. The number of benzene rings is 1. The number of β-amino-alcohol motifs (C(OH)–C–C–N with tert-alkyl or cyclic N) is 1. The van der Waals surface area contributed by atoms with Crippen molar-refractivity contribution in [3.05, 3.63) is 83.5 Å². The molecular formula is C27H32N4O2. The first-order valence-corrected chi connectivity index (χ1v) is 11.4. The van der Waals surface area contributed by atoms with Crippen LogP contribution in [-0.4, -0.2) is 43.9 Å². The molecule has 1 aliphatic heterocycles. The zero-order chi connectivity index (χ0) is 23.4. The van der Waals surface area contributed by atoms with Gasteiger partial charge in [0, 0.05) is 43.5 Å². The molecule has 1 fully saturated rings. The van der Waals surface area contributed by atoms with Crippen molar-refractivity contribution in [1.29, 1.82) is 0 Å². The van der Waals surface area contributed by atoms with Crippen LogP contribution in [0.25, 0.3) is 16.5 Å². The van der Waals surface area contributed by atoms with E-state index in [4.69, 9.17) is 4.74 Å².